The Balaban J connectivity index is 1.28. The average Bonchev–Trinajstić information content (AvgIpc) is 3.22. The number of ether oxygens (including phenoxy) is 1. The third kappa shape index (κ3) is 4.58. The fourth-order valence-corrected chi connectivity index (χ4v) is 4.28. The molecule has 0 saturated carbocycles. The van der Waals surface area contributed by atoms with E-state index in [1.807, 2.05) is 13.0 Å². The van der Waals surface area contributed by atoms with E-state index in [4.69, 9.17) is 10.00 Å². The van der Waals surface area contributed by atoms with Crippen LogP contribution in [0.2, 0.25) is 0 Å². The van der Waals surface area contributed by atoms with Crippen molar-refractivity contribution >= 4 is 11.6 Å². The summed E-state index contributed by atoms with van der Waals surface area (Å²) >= 11 is 0. The molecule has 6 nitrogen and oxygen atoms in total. The predicted octanol–water partition coefficient (Wildman–Crippen LogP) is -0.196. The first-order valence-corrected chi connectivity index (χ1v) is 10.4. The third-order valence-electron chi connectivity index (χ3n) is 6.07. The molecule has 0 aliphatic carbocycles. The maximum absolute atomic E-state index is 12.7. The second-order valence-corrected chi connectivity index (χ2v) is 8.03. The standard InChI is InChI=1S/C23H26N4O2/c1-17(23(28)25-21-4-2-3-18(14-21)15-24)27-10-8-26(9-11-27)16-19-5-6-22-20(13-19)7-12-29-22/h2-6,13-14,17H,7-12,16H2,1H3,(H,25,28)/p+2/t17-/m0/s1. The van der Waals surface area contributed by atoms with Crippen LogP contribution < -0.4 is 19.9 Å². The lowest BCUT2D eigenvalue weighted by Crippen LogP contribution is -3.29. The van der Waals surface area contributed by atoms with Crippen LogP contribution in [-0.2, 0) is 17.8 Å². The van der Waals surface area contributed by atoms with Crippen LogP contribution >= 0.6 is 0 Å². The summed E-state index contributed by atoms with van der Waals surface area (Å²) in [5.41, 5.74) is 3.94. The van der Waals surface area contributed by atoms with Gasteiger partial charge in [-0.05, 0) is 48.9 Å². The van der Waals surface area contributed by atoms with Gasteiger partial charge in [0.1, 0.15) is 38.5 Å². The van der Waals surface area contributed by atoms with Crippen molar-refractivity contribution in [3.8, 4) is 11.8 Å². The highest BCUT2D eigenvalue weighted by atomic mass is 16.5. The van der Waals surface area contributed by atoms with Gasteiger partial charge in [0, 0.05) is 17.7 Å². The number of rotatable bonds is 5. The normalized spacial score (nSPS) is 21.5. The average molecular weight is 393 g/mol. The topological polar surface area (TPSA) is 71.0 Å². The van der Waals surface area contributed by atoms with Gasteiger partial charge in [0.05, 0.1) is 18.2 Å². The van der Waals surface area contributed by atoms with Crippen molar-refractivity contribution in [2.75, 3.05) is 38.1 Å². The first-order chi connectivity index (χ1) is 14.1. The molecule has 6 heteroatoms. The fourth-order valence-electron chi connectivity index (χ4n) is 4.28. The van der Waals surface area contributed by atoms with Crippen LogP contribution in [0.4, 0.5) is 5.69 Å². The molecule has 2 aliphatic rings. The largest absolute Gasteiger partial charge is 0.493 e. The maximum Gasteiger partial charge on any atom is 0.282 e. The number of nitrogens with one attached hydrogen (secondary N) is 3. The van der Waals surface area contributed by atoms with Crippen LogP contribution in [0, 0.1) is 11.3 Å². The Bertz CT molecular complexity index is 929. The Kier molecular flexibility index (Phi) is 5.79. The predicted molar refractivity (Wildman–Crippen MR) is 110 cm³/mol. The summed E-state index contributed by atoms with van der Waals surface area (Å²) in [5, 5.41) is 12.0. The van der Waals surface area contributed by atoms with E-state index in [0.717, 1.165) is 51.5 Å². The molecule has 1 saturated heterocycles. The van der Waals surface area contributed by atoms with Crippen molar-refractivity contribution in [1.82, 2.24) is 0 Å². The molecule has 2 aromatic carbocycles. The summed E-state index contributed by atoms with van der Waals surface area (Å²) < 4.78 is 5.60. The van der Waals surface area contributed by atoms with E-state index in [1.165, 1.54) is 16.0 Å². The van der Waals surface area contributed by atoms with Gasteiger partial charge in [-0.25, -0.2) is 0 Å². The minimum Gasteiger partial charge on any atom is -0.493 e. The first kappa shape index (κ1) is 19.4. The van der Waals surface area contributed by atoms with Gasteiger partial charge >= 0.3 is 0 Å². The van der Waals surface area contributed by atoms with Crippen molar-refractivity contribution in [2.45, 2.75) is 25.9 Å². The van der Waals surface area contributed by atoms with E-state index in [1.54, 1.807) is 23.1 Å². The minimum absolute atomic E-state index is 0.0113. The Morgan fingerprint density at radius 1 is 1.21 bits per heavy atom. The number of hydrogen-bond donors (Lipinski definition) is 3. The van der Waals surface area contributed by atoms with Crippen LogP contribution in [-0.4, -0.2) is 44.7 Å². The highest BCUT2D eigenvalue weighted by molar-refractivity contribution is 5.93. The van der Waals surface area contributed by atoms with Crippen LogP contribution in [0.5, 0.6) is 5.75 Å². The summed E-state index contributed by atoms with van der Waals surface area (Å²) in [6.07, 6.45) is 1.01. The molecule has 2 aliphatic heterocycles. The van der Waals surface area contributed by atoms with Gasteiger partial charge in [-0.15, -0.1) is 0 Å². The lowest BCUT2D eigenvalue weighted by Gasteiger charge is -2.32. The summed E-state index contributed by atoms with van der Waals surface area (Å²) in [4.78, 5) is 15.6. The Labute approximate surface area is 171 Å². The van der Waals surface area contributed by atoms with Gasteiger partial charge in [-0.3, -0.25) is 4.79 Å². The molecule has 2 aromatic rings. The maximum atomic E-state index is 12.7. The van der Waals surface area contributed by atoms with Gasteiger partial charge in [0.15, 0.2) is 6.04 Å². The number of piperazine rings is 1. The Morgan fingerprint density at radius 2 is 2.03 bits per heavy atom. The number of carbonyl (C=O) groups is 1. The molecule has 29 heavy (non-hydrogen) atoms. The van der Waals surface area contributed by atoms with E-state index in [9.17, 15) is 4.79 Å². The molecule has 0 spiro atoms. The zero-order valence-corrected chi connectivity index (χ0v) is 16.8. The summed E-state index contributed by atoms with van der Waals surface area (Å²) in [6.45, 7) is 7.90. The van der Waals surface area contributed by atoms with Crippen molar-refractivity contribution in [3.05, 3.63) is 59.2 Å². The molecule has 0 unspecified atom stereocenters. The van der Waals surface area contributed by atoms with Crippen LogP contribution in [0.25, 0.3) is 0 Å². The second kappa shape index (κ2) is 8.64. The number of benzene rings is 2. The molecule has 0 radical (unpaired) electrons. The van der Waals surface area contributed by atoms with Crippen molar-refractivity contribution in [3.63, 3.8) is 0 Å². The molecular weight excluding hydrogens is 364 g/mol. The molecule has 0 aromatic heterocycles. The number of amides is 1. The number of nitriles is 1. The number of quaternary nitrogens is 2. The Hall–Kier alpha value is -2.88. The minimum atomic E-state index is -0.112. The van der Waals surface area contributed by atoms with E-state index < -0.39 is 0 Å². The van der Waals surface area contributed by atoms with Gasteiger partial charge in [0.2, 0.25) is 0 Å². The highest BCUT2D eigenvalue weighted by Gasteiger charge is 2.31. The number of nitrogens with zero attached hydrogens (tertiary/aromatic N) is 1. The van der Waals surface area contributed by atoms with Gasteiger partial charge in [0.25, 0.3) is 5.91 Å². The van der Waals surface area contributed by atoms with E-state index >= 15 is 0 Å². The van der Waals surface area contributed by atoms with Crippen molar-refractivity contribution in [2.24, 2.45) is 0 Å². The van der Waals surface area contributed by atoms with E-state index in [-0.39, 0.29) is 11.9 Å². The molecule has 4 rings (SSSR count). The lowest BCUT2D eigenvalue weighted by atomic mass is 10.1. The Morgan fingerprint density at radius 3 is 2.83 bits per heavy atom. The first-order valence-electron chi connectivity index (χ1n) is 10.4. The highest BCUT2D eigenvalue weighted by Crippen LogP contribution is 2.25. The SMILES string of the molecule is C[C@@H](C(=O)Nc1cccc(C#N)c1)[NH+]1CC[NH+](Cc2ccc3c(c2)CCO3)CC1. The zero-order valence-electron chi connectivity index (χ0n) is 16.8. The number of fused-ring (bicyclic) bond motifs is 1. The zero-order chi connectivity index (χ0) is 20.2. The van der Waals surface area contributed by atoms with Gasteiger partial charge < -0.3 is 19.9 Å². The monoisotopic (exact) mass is 392 g/mol. The second-order valence-electron chi connectivity index (χ2n) is 8.03. The number of carbonyl (C=O) groups excluding carboxylic acids is 1. The summed E-state index contributed by atoms with van der Waals surface area (Å²) in [7, 11) is 0. The molecular formula is C23H28N4O2+2. The van der Waals surface area contributed by atoms with E-state index in [0.29, 0.717) is 11.3 Å². The van der Waals surface area contributed by atoms with Gasteiger partial charge in [-0.2, -0.15) is 5.26 Å². The smallest absolute Gasteiger partial charge is 0.282 e. The summed E-state index contributed by atoms with van der Waals surface area (Å²) in [6, 6.07) is 15.6. The molecule has 1 atom stereocenters. The quantitative estimate of drug-likeness (QED) is 0.660. The fraction of sp³-hybridized carbons (Fsp3) is 0.391. The molecule has 1 amide bonds. The van der Waals surface area contributed by atoms with Crippen molar-refractivity contribution in [1.29, 1.82) is 5.26 Å². The third-order valence-corrected chi connectivity index (χ3v) is 6.07. The molecule has 0 bridgehead atoms. The van der Waals surface area contributed by atoms with Crippen molar-refractivity contribution < 1.29 is 19.3 Å². The van der Waals surface area contributed by atoms with E-state index in [2.05, 4.69) is 29.6 Å². The number of hydrogen-bond acceptors (Lipinski definition) is 3. The van der Waals surface area contributed by atoms with Gasteiger partial charge in [-0.1, -0.05) is 6.07 Å². The lowest BCUT2D eigenvalue weighted by molar-refractivity contribution is -1.02. The number of anilines is 1. The van der Waals surface area contributed by atoms with Crippen LogP contribution in [0.3, 0.4) is 0 Å². The summed E-state index contributed by atoms with van der Waals surface area (Å²) in [5.74, 6) is 1.05. The molecule has 2 heterocycles. The van der Waals surface area contributed by atoms with Crippen LogP contribution in [0.15, 0.2) is 42.5 Å². The molecule has 150 valence electrons. The molecule has 3 N–H and O–H groups in total. The molecule has 1 fully saturated rings. The van der Waals surface area contributed by atoms with Crippen LogP contribution in [0.1, 0.15) is 23.6 Å².